The van der Waals surface area contributed by atoms with E-state index < -0.39 is 6.04 Å². The number of aryl methyl sites for hydroxylation is 2. The molecule has 156 valence electrons. The fraction of sp³-hybridized carbons (Fsp3) is 0.440. The van der Waals surface area contributed by atoms with Crippen LogP contribution in [0, 0.1) is 13.8 Å². The summed E-state index contributed by atoms with van der Waals surface area (Å²) in [6, 6.07) is 15.6. The van der Waals surface area contributed by atoms with Gasteiger partial charge in [-0.3, -0.25) is 9.59 Å². The topological polar surface area (TPSA) is 49.4 Å². The predicted molar refractivity (Wildman–Crippen MR) is 119 cm³/mol. The van der Waals surface area contributed by atoms with Crippen LogP contribution in [0.1, 0.15) is 56.4 Å². The highest BCUT2D eigenvalue weighted by atomic mass is 16.2. The molecule has 1 atom stereocenters. The number of nitrogens with one attached hydrogen (secondary N) is 1. The number of benzene rings is 2. The van der Waals surface area contributed by atoms with E-state index in [1.807, 2.05) is 84.0 Å². The average Bonchev–Trinajstić information content (AvgIpc) is 2.60. The van der Waals surface area contributed by atoms with Gasteiger partial charge in [-0.1, -0.05) is 66.6 Å². The molecule has 0 unspecified atom stereocenters. The SMILES string of the molecule is CC[C@H](C(=O)NC(C)(C)C)N(Cc1cccc(C)c1)C(=O)Cc1cccc(C)c1. The summed E-state index contributed by atoms with van der Waals surface area (Å²) in [4.78, 5) is 28.1. The first-order valence-corrected chi connectivity index (χ1v) is 10.3. The first kappa shape index (κ1) is 22.7. The molecule has 0 spiro atoms. The highest BCUT2D eigenvalue weighted by Crippen LogP contribution is 2.17. The minimum absolute atomic E-state index is 0.0342. The van der Waals surface area contributed by atoms with Crippen LogP contribution in [-0.2, 0) is 22.6 Å². The van der Waals surface area contributed by atoms with Crippen molar-refractivity contribution in [2.24, 2.45) is 0 Å². The van der Waals surface area contributed by atoms with Crippen molar-refractivity contribution < 1.29 is 9.59 Å². The van der Waals surface area contributed by atoms with Crippen LogP contribution in [0.15, 0.2) is 48.5 Å². The summed E-state index contributed by atoms with van der Waals surface area (Å²) in [7, 11) is 0. The maximum atomic E-state index is 13.3. The van der Waals surface area contributed by atoms with Crippen molar-refractivity contribution in [2.45, 2.75) is 72.5 Å². The Morgan fingerprint density at radius 2 is 1.52 bits per heavy atom. The highest BCUT2D eigenvalue weighted by Gasteiger charge is 2.30. The van der Waals surface area contributed by atoms with E-state index in [-0.39, 0.29) is 23.8 Å². The quantitative estimate of drug-likeness (QED) is 0.748. The first-order chi connectivity index (χ1) is 13.6. The number of hydrogen-bond donors (Lipinski definition) is 1. The third-order valence-corrected chi connectivity index (χ3v) is 4.76. The Morgan fingerprint density at radius 3 is 2.03 bits per heavy atom. The zero-order valence-corrected chi connectivity index (χ0v) is 18.6. The number of nitrogens with zero attached hydrogens (tertiary/aromatic N) is 1. The van der Waals surface area contributed by atoms with Crippen LogP contribution in [0.2, 0.25) is 0 Å². The summed E-state index contributed by atoms with van der Waals surface area (Å²) in [5.41, 5.74) is 3.91. The molecular weight excluding hydrogens is 360 g/mol. The average molecular weight is 395 g/mol. The molecule has 2 amide bonds. The number of carbonyl (C=O) groups excluding carboxylic acids is 2. The van der Waals surface area contributed by atoms with Gasteiger partial charge in [0.1, 0.15) is 6.04 Å². The lowest BCUT2D eigenvalue weighted by Gasteiger charge is -2.33. The van der Waals surface area contributed by atoms with Crippen LogP contribution in [0.3, 0.4) is 0 Å². The summed E-state index contributed by atoms with van der Waals surface area (Å²) >= 11 is 0. The fourth-order valence-electron chi connectivity index (χ4n) is 3.48. The lowest BCUT2D eigenvalue weighted by atomic mass is 10.0. The monoisotopic (exact) mass is 394 g/mol. The summed E-state index contributed by atoms with van der Waals surface area (Å²) in [5, 5.41) is 3.04. The fourth-order valence-corrected chi connectivity index (χ4v) is 3.48. The van der Waals surface area contributed by atoms with Crippen molar-refractivity contribution in [3.8, 4) is 0 Å². The Bertz CT molecular complexity index is 852. The first-order valence-electron chi connectivity index (χ1n) is 10.3. The molecule has 2 rings (SSSR count). The van der Waals surface area contributed by atoms with Crippen LogP contribution in [0.5, 0.6) is 0 Å². The van der Waals surface area contributed by atoms with Crippen molar-refractivity contribution in [1.29, 1.82) is 0 Å². The molecule has 0 aliphatic heterocycles. The molecule has 4 nitrogen and oxygen atoms in total. The maximum Gasteiger partial charge on any atom is 0.243 e. The minimum atomic E-state index is -0.507. The molecule has 4 heteroatoms. The molecule has 0 aliphatic carbocycles. The molecule has 0 aliphatic rings. The van der Waals surface area contributed by atoms with E-state index in [0.717, 1.165) is 22.3 Å². The molecule has 1 N–H and O–H groups in total. The van der Waals surface area contributed by atoms with E-state index in [2.05, 4.69) is 11.4 Å². The van der Waals surface area contributed by atoms with E-state index in [0.29, 0.717) is 13.0 Å². The van der Waals surface area contributed by atoms with Crippen molar-refractivity contribution in [3.63, 3.8) is 0 Å². The van der Waals surface area contributed by atoms with Crippen LogP contribution in [0.4, 0.5) is 0 Å². The zero-order chi connectivity index (χ0) is 21.6. The molecule has 29 heavy (non-hydrogen) atoms. The number of amides is 2. The van der Waals surface area contributed by atoms with E-state index >= 15 is 0 Å². The second-order valence-electron chi connectivity index (χ2n) is 8.84. The summed E-state index contributed by atoms with van der Waals surface area (Å²) < 4.78 is 0. The smallest absolute Gasteiger partial charge is 0.243 e. The van der Waals surface area contributed by atoms with E-state index in [9.17, 15) is 9.59 Å². The lowest BCUT2D eigenvalue weighted by Crippen LogP contribution is -2.53. The van der Waals surface area contributed by atoms with Crippen LogP contribution >= 0.6 is 0 Å². The number of hydrogen-bond acceptors (Lipinski definition) is 2. The van der Waals surface area contributed by atoms with Gasteiger partial charge in [0.15, 0.2) is 0 Å². The molecule has 2 aromatic rings. The Hall–Kier alpha value is -2.62. The molecule has 0 radical (unpaired) electrons. The Balaban J connectivity index is 2.32. The van der Waals surface area contributed by atoms with Gasteiger partial charge < -0.3 is 10.2 Å². The van der Waals surface area contributed by atoms with Gasteiger partial charge in [-0.15, -0.1) is 0 Å². The van der Waals surface area contributed by atoms with Gasteiger partial charge in [0.05, 0.1) is 6.42 Å². The van der Waals surface area contributed by atoms with Crippen LogP contribution < -0.4 is 5.32 Å². The van der Waals surface area contributed by atoms with Gasteiger partial charge in [-0.05, 0) is 52.2 Å². The van der Waals surface area contributed by atoms with Gasteiger partial charge in [-0.2, -0.15) is 0 Å². The normalized spacial score (nSPS) is 12.3. The van der Waals surface area contributed by atoms with E-state index in [4.69, 9.17) is 0 Å². The maximum absolute atomic E-state index is 13.3. The molecule has 0 aromatic heterocycles. The third kappa shape index (κ3) is 7.04. The predicted octanol–water partition coefficient (Wildman–Crippen LogP) is 4.57. The lowest BCUT2D eigenvalue weighted by molar-refractivity contribution is -0.141. The number of rotatable bonds is 7. The summed E-state index contributed by atoms with van der Waals surface area (Å²) in [6.07, 6.45) is 0.847. The van der Waals surface area contributed by atoms with Gasteiger partial charge in [-0.25, -0.2) is 0 Å². The molecular formula is C25H34N2O2. The van der Waals surface area contributed by atoms with Crippen LogP contribution in [-0.4, -0.2) is 28.3 Å². The molecule has 0 fully saturated rings. The Kier molecular flexibility index (Phi) is 7.60. The number of carbonyl (C=O) groups is 2. The molecule has 0 saturated heterocycles. The Morgan fingerprint density at radius 1 is 0.966 bits per heavy atom. The van der Waals surface area contributed by atoms with Gasteiger partial charge >= 0.3 is 0 Å². The second kappa shape index (κ2) is 9.73. The van der Waals surface area contributed by atoms with E-state index in [1.165, 1.54) is 0 Å². The molecule has 0 saturated carbocycles. The zero-order valence-electron chi connectivity index (χ0n) is 18.6. The second-order valence-corrected chi connectivity index (χ2v) is 8.84. The van der Waals surface area contributed by atoms with E-state index in [1.54, 1.807) is 4.90 Å². The minimum Gasteiger partial charge on any atom is -0.350 e. The summed E-state index contributed by atoms with van der Waals surface area (Å²) in [5.74, 6) is -0.140. The molecule has 0 heterocycles. The van der Waals surface area contributed by atoms with Gasteiger partial charge in [0.25, 0.3) is 0 Å². The third-order valence-electron chi connectivity index (χ3n) is 4.76. The van der Waals surface area contributed by atoms with Gasteiger partial charge in [0.2, 0.25) is 11.8 Å². The highest BCUT2D eigenvalue weighted by molar-refractivity contribution is 5.88. The van der Waals surface area contributed by atoms with Crippen molar-refractivity contribution in [2.75, 3.05) is 0 Å². The van der Waals surface area contributed by atoms with Crippen molar-refractivity contribution in [3.05, 3.63) is 70.8 Å². The largest absolute Gasteiger partial charge is 0.350 e. The van der Waals surface area contributed by atoms with Crippen LogP contribution in [0.25, 0.3) is 0 Å². The van der Waals surface area contributed by atoms with Gasteiger partial charge in [0, 0.05) is 12.1 Å². The summed E-state index contributed by atoms with van der Waals surface area (Å²) in [6.45, 7) is 12.3. The van der Waals surface area contributed by atoms with Crippen molar-refractivity contribution in [1.82, 2.24) is 10.2 Å². The molecule has 0 bridgehead atoms. The molecule has 2 aromatic carbocycles. The Labute approximate surface area is 175 Å². The van der Waals surface area contributed by atoms with Crippen molar-refractivity contribution >= 4 is 11.8 Å². The standard InChI is InChI=1S/C25H34N2O2/c1-7-22(24(29)26-25(4,5)6)27(17-21-13-9-11-19(3)15-21)23(28)16-20-12-8-10-18(2)14-20/h8-15,22H,7,16-17H2,1-6H3,(H,26,29)/t22-/m1/s1.